The molecule has 2 aromatic rings. The van der Waals surface area contributed by atoms with Crippen LogP contribution in [0.5, 0.6) is 0 Å². The molecule has 2 N–H and O–H groups in total. The molecular formula is C19H20N2O3S. The lowest BCUT2D eigenvalue weighted by molar-refractivity contribution is -0.146. The molecule has 2 bridgehead atoms. The van der Waals surface area contributed by atoms with Gasteiger partial charge in [-0.3, -0.25) is 9.59 Å². The molecule has 4 rings (SSSR count). The standard InChI is InChI=1S/C19H20N2O3S/c1-9(2)18-21-13-6-5-12(8-14(13)25-18)20-17(22)15-10-3-4-11(7-10)16(15)19(23)24/h3-6,8-11,15-16H,7H2,1-2H3,(H,20,22)(H,23,24)/t10-,11-,15-,16+/m0/s1. The van der Waals surface area contributed by atoms with Crippen LogP contribution in [0.25, 0.3) is 10.2 Å². The number of hydrogen-bond acceptors (Lipinski definition) is 4. The number of nitrogens with zero attached hydrogens (tertiary/aromatic N) is 1. The molecule has 0 saturated heterocycles. The Hall–Kier alpha value is -2.21. The second-order valence-electron chi connectivity index (χ2n) is 7.22. The third kappa shape index (κ3) is 2.74. The molecular weight excluding hydrogens is 336 g/mol. The third-order valence-corrected chi connectivity index (χ3v) is 6.53. The number of aliphatic carboxylic acids is 1. The Bertz CT molecular complexity index is 886. The summed E-state index contributed by atoms with van der Waals surface area (Å²) in [5, 5.41) is 13.5. The molecule has 25 heavy (non-hydrogen) atoms. The number of thiazole rings is 1. The molecule has 1 heterocycles. The molecule has 1 fully saturated rings. The predicted octanol–water partition coefficient (Wildman–Crippen LogP) is 3.88. The summed E-state index contributed by atoms with van der Waals surface area (Å²) in [6.07, 6.45) is 4.71. The smallest absolute Gasteiger partial charge is 0.307 e. The molecule has 0 aliphatic heterocycles. The average Bonchev–Trinajstić information content (AvgIpc) is 3.27. The lowest BCUT2D eigenvalue weighted by Crippen LogP contribution is -2.36. The van der Waals surface area contributed by atoms with Crippen LogP contribution >= 0.6 is 11.3 Å². The number of carbonyl (C=O) groups is 2. The van der Waals surface area contributed by atoms with Gasteiger partial charge in [-0.1, -0.05) is 26.0 Å². The van der Waals surface area contributed by atoms with E-state index in [1.165, 1.54) is 0 Å². The molecule has 2 aliphatic rings. The Labute approximate surface area is 149 Å². The Balaban J connectivity index is 1.57. The highest BCUT2D eigenvalue weighted by atomic mass is 32.1. The van der Waals surface area contributed by atoms with Crippen molar-refractivity contribution in [3.05, 3.63) is 35.4 Å². The minimum Gasteiger partial charge on any atom is -0.481 e. The van der Waals surface area contributed by atoms with Gasteiger partial charge in [0.25, 0.3) is 0 Å². The molecule has 2 aliphatic carbocycles. The van der Waals surface area contributed by atoms with Crippen molar-refractivity contribution in [3.8, 4) is 0 Å². The second-order valence-corrected chi connectivity index (χ2v) is 8.28. The van der Waals surface area contributed by atoms with Crippen LogP contribution in [-0.4, -0.2) is 22.0 Å². The Morgan fingerprint density at radius 3 is 2.64 bits per heavy atom. The van der Waals surface area contributed by atoms with Crippen LogP contribution in [0.15, 0.2) is 30.4 Å². The van der Waals surface area contributed by atoms with Crippen molar-refractivity contribution < 1.29 is 14.7 Å². The van der Waals surface area contributed by atoms with E-state index in [2.05, 4.69) is 24.1 Å². The van der Waals surface area contributed by atoms with Gasteiger partial charge in [0.05, 0.1) is 27.1 Å². The zero-order valence-corrected chi connectivity index (χ0v) is 14.9. The molecule has 5 nitrogen and oxygen atoms in total. The molecule has 0 spiro atoms. The summed E-state index contributed by atoms with van der Waals surface area (Å²) in [6.45, 7) is 4.21. The van der Waals surface area contributed by atoms with Crippen molar-refractivity contribution in [2.45, 2.75) is 26.2 Å². The van der Waals surface area contributed by atoms with Crippen molar-refractivity contribution in [1.82, 2.24) is 4.98 Å². The molecule has 1 saturated carbocycles. The van der Waals surface area contributed by atoms with Crippen molar-refractivity contribution in [3.63, 3.8) is 0 Å². The fourth-order valence-corrected chi connectivity index (χ4v) is 5.02. The summed E-state index contributed by atoms with van der Waals surface area (Å²) in [7, 11) is 0. The SMILES string of the molecule is CC(C)c1nc2ccc(NC(=O)[C@@H]3[C@H](C(=O)O)[C@H]4C=C[C@H]3C4)cc2s1. The van der Waals surface area contributed by atoms with Gasteiger partial charge in [0.1, 0.15) is 0 Å². The molecule has 130 valence electrons. The lowest BCUT2D eigenvalue weighted by Gasteiger charge is -2.23. The van der Waals surface area contributed by atoms with Crippen LogP contribution in [0.1, 0.15) is 31.2 Å². The van der Waals surface area contributed by atoms with Gasteiger partial charge in [-0.25, -0.2) is 4.98 Å². The summed E-state index contributed by atoms with van der Waals surface area (Å²) in [5.41, 5.74) is 1.63. The number of carboxylic acid groups (broad SMARTS) is 1. The Kier molecular flexibility index (Phi) is 3.87. The van der Waals surface area contributed by atoms with Crippen molar-refractivity contribution in [2.75, 3.05) is 5.32 Å². The van der Waals surface area contributed by atoms with E-state index in [0.29, 0.717) is 11.6 Å². The van der Waals surface area contributed by atoms with Gasteiger partial charge in [0, 0.05) is 11.6 Å². The predicted molar refractivity (Wildman–Crippen MR) is 97.7 cm³/mol. The summed E-state index contributed by atoms with van der Waals surface area (Å²) < 4.78 is 1.03. The van der Waals surface area contributed by atoms with E-state index in [9.17, 15) is 14.7 Å². The number of aromatic nitrogens is 1. The number of carbonyl (C=O) groups excluding carboxylic acids is 1. The number of allylic oxidation sites excluding steroid dienone is 2. The van der Waals surface area contributed by atoms with Crippen molar-refractivity contribution in [1.29, 1.82) is 0 Å². The van der Waals surface area contributed by atoms with Gasteiger partial charge < -0.3 is 10.4 Å². The summed E-state index contributed by atoms with van der Waals surface area (Å²) in [4.78, 5) is 28.9. The Morgan fingerprint density at radius 1 is 1.24 bits per heavy atom. The number of nitrogens with one attached hydrogen (secondary N) is 1. The van der Waals surface area contributed by atoms with Gasteiger partial charge in [0.15, 0.2) is 0 Å². The first-order chi connectivity index (χ1) is 11.9. The number of amides is 1. The number of hydrogen-bond donors (Lipinski definition) is 2. The number of carboxylic acids is 1. The van der Waals surface area contributed by atoms with Crippen molar-refractivity contribution in [2.24, 2.45) is 23.7 Å². The first kappa shape index (κ1) is 16.3. The highest BCUT2D eigenvalue weighted by molar-refractivity contribution is 7.18. The number of fused-ring (bicyclic) bond motifs is 3. The second kappa shape index (κ2) is 5.95. The number of anilines is 1. The number of rotatable bonds is 4. The zero-order valence-electron chi connectivity index (χ0n) is 14.1. The van der Waals surface area contributed by atoms with E-state index >= 15 is 0 Å². The van der Waals surface area contributed by atoms with Gasteiger partial charge in [-0.15, -0.1) is 11.3 Å². The van der Waals surface area contributed by atoms with E-state index in [0.717, 1.165) is 21.6 Å². The summed E-state index contributed by atoms with van der Waals surface area (Å²) in [5.74, 6) is -1.80. The normalized spacial score (nSPS) is 27.3. The van der Waals surface area contributed by atoms with Crippen LogP contribution in [0.3, 0.4) is 0 Å². The largest absolute Gasteiger partial charge is 0.481 e. The van der Waals surface area contributed by atoms with Crippen LogP contribution in [0.2, 0.25) is 0 Å². The van der Waals surface area contributed by atoms with E-state index < -0.39 is 17.8 Å². The molecule has 1 aromatic carbocycles. The van der Waals surface area contributed by atoms with Crippen LogP contribution < -0.4 is 5.32 Å². The topological polar surface area (TPSA) is 79.3 Å². The van der Waals surface area contributed by atoms with Gasteiger partial charge in [-0.05, 0) is 36.5 Å². The molecule has 6 heteroatoms. The highest BCUT2D eigenvalue weighted by Gasteiger charge is 2.51. The number of benzene rings is 1. The highest BCUT2D eigenvalue weighted by Crippen LogP contribution is 2.48. The third-order valence-electron chi connectivity index (χ3n) is 5.21. The van der Waals surface area contributed by atoms with Crippen molar-refractivity contribution >= 4 is 39.1 Å². The van der Waals surface area contributed by atoms with E-state index in [1.807, 2.05) is 30.4 Å². The molecule has 0 unspecified atom stereocenters. The fourth-order valence-electron chi connectivity index (χ4n) is 4.01. The summed E-state index contributed by atoms with van der Waals surface area (Å²) in [6, 6.07) is 5.67. The van der Waals surface area contributed by atoms with E-state index in [4.69, 9.17) is 0 Å². The maximum absolute atomic E-state index is 12.7. The Morgan fingerprint density at radius 2 is 1.96 bits per heavy atom. The van der Waals surface area contributed by atoms with E-state index in [-0.39, 0.29) is 17.7 Å². The summed E-state index contributed by atoms with van der Waals surface area (Å²) >= 11 is 1.63. The monoisotopic (exact) mass is 356 g/mol. The van der Waals surface area contributed by atoms with E-state index in [1.54, 1.807) is 11.3 Å². The fraction of sp³-hybridized carbons (Fsp3) is 0.421. The molecule has 1 amide bonds. The minimum atomic E-state index is -0.878. The lowest BCUT2D eigenvalue weighted by atomic mass is 9.82. The minimum absolute atomic E-state index is 0.0178. The maximum Gasteiger partial charge on any atom is 0.307 e. The van der Waals surface area contributed by atoms with Gasteiger partial charge in [0.2, 0.25) is 5.91 Å². The van der Waals surface area contributed by atoms with Crippen LogP contribution in [0.4, 0.5) is 5.69 Å². The first-order valence-electron chi connectivity index (χ1n) is 8.56. The van der Waals surface area contributed by atoms with Crippen LogP contribution in [-0.2, 0) is 9.59 Å². The van der Waals surface area contributed by atoms with Gasteiger partial charge in [-0.2, -0.15) is 0 Å². The maximum atomic E-state index is 12.7. The quantitative estimate of drug-likeness (QED) is 0.815. The average molecular weight is 356 g/mol. The molecule has 4 atom stereocenters. The zero-order chi connectivity index (χ0) is 17.7. The molecule has 1 aromatic heterocycles. The van der Waals surface area contributed by atoms with Crippen LogP contribution in [0, 0.1) is 23.7 Å². The molecule has 0 radical (unpaired) electrons. The van der Waals surface area contributed by atoms with Gasteiger partial charge >= 0.3 is 5.97 Å². The first-order valence-corrected chi connectivity index (χ1v) is 9.38.